The third kappa shape index (κ3) is 4.41. The van der Waals surface area contributed by atoms with Crippen molar-refractivity contribution in [2.45, 2.75) is 45.8 Å². The molecule has 17 heavy (non-hydrogen) atoms. The minimum absolute atomic E-state index is 0.473. The van der Waals surface area contributed by atoms with Crippen LogP contribution in [-0.4, -0.2) is 28.1 Å². The lowest BCUT2D eigenvalue weighted by molar-refractivity contribution is 0.110. The van der Waals surface area contributed by atoms with Crippen LogP contribution in [0.3, 0.4) is 0 Å². The van der Waals surface area contributed by atoms with E-state index in [-0.39, 0.29) is 0 Å². The van der Waals surface area contributed by atoms with Crippen molar-refractivity contribution in [2.75, 3.05) is 13.2 Å². The summed E-state index contributed by atoms with van der Waals surface area (Å²) in [6, 6.07) is 0. The first-order chi connectivity index (χ1) is 8.20. The van der Waals surface area contributed by atoms with Gasteiger partial charge in [0.15, 0.2) is 0 Å². The first-order valence-corrected chi connectivity index (χ1v) is 6.97. The summed E-state index contributed by atoms with van der Waals surface area (Å²) in [5.41, 5.74) is 0.878. The molecular weight excluding hydrogens is 284 g/mol. The summed E-state index contributed by atoms with van der Waals surface area (Å²) in [5, 5.41) is 14.4. The van der Waals surface area contributed by atoms with Crippen LogP contribution in [0.15, 0.2) is 10.7 Å². The van der Waals surface area contributed by atoms with Crippen molar-refractivity contribution < 1.29 is 9.84 Å². The summed E-state index contributed by atoms with van der Waals surface area (Å²) >= 11 is 3.44. The number of aromatic nitrogens is 2. The fourth-order valence-corrected chi connectivity index (χ4v) is 2.31. The zero-order valence-corrected chi connectivity index (χ0v) is 12.1. The van der Waals surface area contributed by atoms with Crippen LogP contribution >= 0.6 is 15.9 Å². The monoisotopic (exact) mass is 304 g/mol. The van der Waals surface area contributed by atoms with Crippen LogP contribution in [0.4, 0.5) is 0 Å². The molecule has 98 valence electrons. The fourth-order valence-electron chi connectivity index (χ4n) is 1.75. The van der Waals surface area contributed by atoms with Crippen molar-refractivity contribution in [3.05, 3.63) is 16.4 Å². The highest BCUT2D eigenvalue weighted by molar-refractivity contribution is 9.10. The van der Waals surface area contributed by atoms with E-state index in [1.165, 1.54) is 0 Å². The van der Waals surface area contributed by atoms with Gasteiger partial charge in [0, 0.05) is 19.8 Å². The second kappa shape index (κ2) is 7.84. The lowest BCUT2D eigenvalue weighted by Gasteiger charge is -2.13. The molecule has 0 fully saturated rings. The highest BCUT2D eigenvalue weighted by Crippen LogP contribution is 2.26. The quantitative estimate of drug-likeness (QED) is 0.751. The van der Waals surface area contributed by atoms with Crippen LogP contribution < -0.4 is 0 Å². The third-order valence-corrected chi connectivity index (χ3v) is 3.17. The molecule has 0 aromatic carbocycles. The summed E-state index contributed by atoms with van der Waals surface area (Å²) in [4.78, 5) is 0. The van der Waals surface area contributed by atoms with E-state index in [1.807, 2.05) is 11.6 Å². The maximum atomic E-state index is 10.2. The summed E-state index contributed by atoms with van der Waals surface area (Å²) < 4.78 is 8.02. The topological polar surface area (TPSA) is 47.3 Å². The Bertz CT molecular complexity index is 328. The molecular formula is C12H21BrN2O2. The van der Waals surface area contributed by atoms with E-state index in [1.54, 1.807) is 6.20 Å². The van der Waals surface area contributed by atoms with Crippen molar-refractivity contribution in [1.29, 1.82) is 0 Å². The Morgan fingerprint density at radius 1 is 1.53 bits per heavy atom. The average molecular weight is 305 g/mol. The van der Waals surface area contributed by atoms with Gasteiger partial charge in [0.25, 0.3) is 0 Å². The van der Waals surface area contributed by atoms with Crippen LogP contribution in [0.1, 0.15) is 44.9 Å². The van der Waals surface area contributed by atoms with Gasteiger partial charge in [-0.05, 0) is 42.1 Å². The van der Waals surface area contributed by atoms with Gasteiger partial charge in [-0.25, -0.2) is 0 Å². The van der Waals surface area contributed by atoms with Crippen molar-refractivity contribution in [3.63, 3.8) is 0 Å². The van der Waals surface area contributed by atoms with E-state index < -0.39 is 6.10 Å². The predicted molar refractivity (Wildman–Crippen MR) is 70.9 cm³/mol. The number of hydrogen-bond acceptors (Lipinski definition) is 3. The maximum Gasteiger partial charge on any atom is 0.0969 e. The van der Waals surface area contributed by atoms with Crippen LogP contribution in [0.5, 0.6) is 0 Å². The highest BCUT2D eigenvalue weighted by Gasteiger charge is 2.17. The van der Waals surface area contributed by atoms with Gasteiger partial charge in [0.2, 0.25) is 0 Å². The molecule has 0 amide bonds. The zero-order valence-electron chi connectivity index (χ0n) is 10.5. The minimum atomic E-state index is -0.473. The van der Waals surface area contributed by atoms with Crippen molar-refractivity contribution >= 4 is 15.9 Å². The Hall–Kier alpha value is -0.390. The van der Waals surface area contributed by atoms with Crippen molar-refractivity contribution in [3.8, 4) is 0 Å². The van der Waals surface area contributed by atoms with Crippen LogP contribution in [0.25, 0.3) is 0 Å². The summed E-state index contributed by atoms with van der Waals surface area (Å²) in [5.74, 6) is 0. The van der Waals surface area contributed by atoms with Crippen LogP contribution in [0.2, 0.25) is 0 Å². The van der Waals surface area contributed by atoms with Crippen LogP contribution in [-0.2, 0) is 11.3 Å². The molecule has 0 saturated heterocycles. The fraction of sp³-hybridized carbons (Fsp3) is 0.750. The van der Waals surface area contributed by atoms with Gasteiger partial charge in [-0.2, -0.15) is 5.10 Å². The lowest BCUT2D eigenvalue weighted by Crippen LogP contribution is -2.10. The smallest absolute Gasteiger partial charge is 0.0969 e. The molecule has 0 aliphatic heterocycles. The molecule has 1 aromatic heterocycles. The van der Waals surface area contributed by atoms with Gasteiger partial charge >= 0.3 is 0 Å². The molecule has 1 rings (SSSR count). The first kappa shape index (κ1) is 14.7. The Balaban J connectivity index is 2.54. The molecule has 0 aliphatic carbocycles. The van der Waals surface area contributed by atoms with E-state index in [4.69, 9.17) is 4.74 Å². The molecule has 0 saturated carbocycles. The second-order valence-corrected chi connectivity index (χ2v) is 4.81. The van der Waals surface area contributed by atoms with Crippen molar-refractivity contribution in [2.24, 2.45) is 0 Å². The number of hydrogen-bond donors (Lipinski definition) is 1. The second-order valence-electron chi connectivity index (χ2n) is 3.96. The number of halogens is 1. The predicted octanol–water partition coefficient (Wildman–Crippen LogP) is 2.91. The normalized spacial score (nSPS) is 12.9. The Kier molecular flexibility index (Phi) is 6.77. The molecule has 1 unspecified atom stereocenters. The number of ether oxygens (including phenoxy) is 1. The van der Waals surface area contributed by atoms with E-state index >= 15 is 0 Å². The molecule has 0 radical (unpaired) electrons. The standard InChI is InChI=1S/C12H21BrN2O2/c1-3-7-15-12(10(13)9-14-15)11(16)6-5-8-17-4-2/h9,11,16H,3-8H2,1-2H3. The minimum Gasteiger partial charge on any atom is -0.387 e. The van der Waals surface area contributed by atoms with Gasteiger partial charge < -0.3 is 9.84 Å². The van der Waals surface area contributed by atoms with E-state index in [0.29, 0.717) is 13.0 Å². The molecule has 4 nitrogen and oxygen atoms in total. The number of aryl methyl sites for hydroxylation is 1. The summed E-state index contributed by atoms with van der Waals surface area (Å²) in [6.45, 7) is 6.34. The molecule has 1 aromatic rings. The molecule has 1 atom stereocenters. The van der Waals surface area contributed by atoms with Gasteiger partial charge in [0.1, 0.15) is 0 Å². The Morgan fingerprint density at radius 3 is 2.94 bits per heavy atom. The summed E-state index contributed by atoms with van der Waals surface area (Å²) in [7, 11) is 0. The van der Waals surface area contributed by atoms with Gasteiger partial charge in [-0.3, -0.25) is 4.68 Å². The molecule has 5 heteroatoms. The SMILES string of the molecule is CCCn1ncc(Br)c1C(O)CCCOCC. The summed E-state index contributed by atoms with van der Waals surface area (Å²) in [6.07, 6.45) is 3.84. The van der Waals surface area contributed by atoms with E-state index in [9.17, 15) is 5.11 Å². The Morgan fingerprint density at radius 2 is 2.29 bits per heavy atom. The van der Waals surface area contributed by atoms with Gasteiger partial charge in [-0.1, -0.05) is 6.92 Å². The molecule has 0 aliphatic rings. The number of nitrogens with zero attached hydrogens (tertiary/aromatic N) is 2. The van der Waals surface area contributed by atoms with E-state index in [2.05, 4.69) is 28.0 Å². The molecule has 0 spiro atoms. The number of aliphatic hydroxyl groups is 1. The zero-order chi connectivity index (χ0) is 12.7. The van der Waals surface area contributed by atoms with Crippen molar-refractivity contribution in [1.82, 2.24) is 9.78 Å². The highest BCUT2D eigenvalue weighted by atomic mass is 79.9. The maximum absolute atomic E-state index is 10.2. The van der Waals surface area contributed by atoms with Crippen LogP contribution in [0, 0.1) is 0 Å². The molecule has 1 heterocycles. The largest absolute Gasteiger partial charge is 0.387 e. The van der Waals surface area contributed by atoms with E-state index in [0.717, 1.165) is 36.2 Å². The first-order valence-electron chi connectivity index (χ1n) is 6.17. The number of aliphatic hydroxyl groups excluding tert-OH is 1. The number of rotatable bonds is 8. The molecule has 0 bridgehead atoms. The van der Waals surface area contributed by atoms with Gasteiger partial charge in [-0.15, -0.1) is 0 Å². The Labute approximate surface area is 111 Å². The average Bonchev–Trinajstić information content (AvgIpc) is 2.66. The van der Waals surface area contributed by atoms with Gasteiger partial charge in [0.05, 0.1) is 22.5 Å². The lowest BCUT2D eigenvalue weighted by atomic mass is 10.1. The molecule has 1 N–H and O–H groups in total. The third-order valence-electron chi connectivity index (χ3n) is 2.55.